The fourth-order valence-corrected chi connectivity index (χ4v) is 6.35. The number of ether oxygens (including phenoxy) is 1. The molecule has 1 saturated heterocycles. The molecule has 3 heterocycles. The lowest BCUT2D eigenvalue weighted by atomic mass is 9.89. The first-order chi connectivity index (χ1) is 17.0. The minimum Gasteiger partial charge on any atom is -0.444 e. The topological polar surface area (TPSA) is 106 Å². The fraction of sp³-hybridized carbons (Fsp3) is 0.500. The molecule has 1 unspecified atom stereocenters. The van der Waals surface area contributed by atoms with Crippen molar-refractivity contribution >= 4 is 27.1 Å². The molecule has 5 rings (SSSR count). The largest absolute Gasteiger partial charge is 0.444 e. The van der Waals surface area contributed by atoms with E-state index in [4.69, 9.17) is 4.74 Å². The Kier molecular flexibility index (Phi) is 6.07. The van der Waals surface area contributed by atoms with Crippen molar-refractivity contribution in [2.75, 3.05) is 19.6 Å². The minimum absolute atomic E-state index is 0.135. The van der Waals surface area contributed by atoms with Crippen LogP contribution in [0.1, 0.15) is 63.3 Å². The maximum atomic E-state index is 13.6. The molecule has 192 valence electrons. The Hall–Kier alpha value is -2.98. The maximum Gasteiger partial charge on any atom is 0.411 e. The Balaban J connectivity index is 1.64. The first kappa shape index (κ1) is 24.7. The monoisotopic (exact) mass is 511 g/mol. The van der Waals surface area contributed by atoms with Crippen molar-refractivity contribution < 1.29 is 17.9 Å². The summed E-state index contributed by atoms with van der Waals surface area (Å²) in [7, 11) is -3.74. The van der Waals surface area contributed by atoms with Gasteiger partial charge in [0.25, 0.3) is 0 Å². The lowest BCUT2D eigenvalue weighted by molar-refractivity contribution is -0.00886. The molecule has 9 nitrogen and oxygen atoms in total. The van der Waals surface area contributed by atoms with Gasteiger partial charge in [0, 0.05) is 31.2 Å². The minimum atomic E-state index is -3.74. The van der Waals surface area contributed by atoms with Crippen LogP contribution in [0.25, 0.3) is 11.0 Å². The number of nitrogens with one attached hydrogen (secondary N) is 1. The normalized spacial score (nSPS) is 21.1. The number of carbonyl (C=O) groups excluding carboxylic acids is 1. The third kappa shape index (κ3) is 4.59. The van der Waals surface area contributed by atoms with Crippen molar-refractivity contribution in [2.24, 2.45) is 0 Å². The summed E-state index contributed by atoms with van der Waals surface area (Å²) in [4.78, 5) is 24.1. The van der Waals surface area contributed by atoms with E-state index < -0.39 is 27.3 Å². The SMILES string of the molecule is CC(C)(C)OC(=O)N1CCNCC1(C)c1ncnc2c1c(C1CC1)cn2S(=O)(=O)Cc1ccccc1. The van der Waals surface area contributed by atoms with Crippen molar-refractivity contribution in [2.45, 2.75) is 63.3 Å². The van der Waals surface area contributed by atoms with Gasteiger partial charge in [-0.1, -0.05) is 30.3 Å². The predicted octanol–water partition coefficient (Wildman–Crippen LogP) is 3.74. The highest BCUT2D eigenvalue weighted by atomic mass is 32.2. The van der Waals surface area contributed by atoms with Crippen molar-refractivity contribution in [3.8, 4) is 0 Å². The maximum absolute atomic E-state index is 13.6. The number of piperazine rings is 1. The number of rotatable bonds is 5. The second-order valence-electron chi connectivity index (χ2n) is 10.9. The first-order valence-electron chi connectivity index (χ1n) is 12.3. The highest BCUT2D eigenvalue weighted by Crippen LogP contribution is 2.46. The summed E-state index contributed by atoms with van der Waals surface area (Å²) in [6.07, 6.45) is 4.67. The Labute approximate surface area is 211 Å². The van der Waals surface area contributed by atoms with E-state index in [2.05, 4.69) is 15.3 Å². The van der Waals surface area contributed by atoms with Gasteiger partial charge < -0.3 is 10.1 Å². The van der Waals surface area contributed by atoms with Gasteiger partial charge in [-0.3, -0.25) is 4.90 Å². The molecule has 1 saturated carbocycles. The van der Waals surface area contributed by atoms with E-state index in [9.17, 15) is 13.2 Å². The molecular formula is C26H33N5O4S. The van der Waals surface area contributed by atoms with Crippen LogP contribution in [0.3, 0.4) is 0 Å². The van der Waals surface area contributed by atoms with Crippen molar-refractivity contribution in [1.82, 2.24) is 24.2 Å². The highest BCUT2D eigenvalue weighted by Gasteiger charge is 2.45. The van der Waals surface area contributed by atoms with Gasteiger partial charge >= 0.3 is 6.09 Å². The van der Waals surface area contributed by atoms with Crippen LogP contribution in [0.2, 0.25) is 0 Å². The number of hydrogen-bond donors (Lipinski definition) is 1. The van der Waals surface area contributed by atoms with E-state index in [1.165, 1.54) is 10.3 Å². The Morgan fingerprint density at radius 1 is 1.19 bits per heavy atom. The lowest BCUT2D eigenvalue weighted by Gasteiger charge is -2.45. The van der Waals surface area contributed by atoms with Gasteiger partial charge in [-0.2, -0.15) is 0 Å². The molecule has 1 atom stereocenters. The second kappa shape index (κ2) is 8.85. The molecule has 0 spiro atoms. The molecule has 1 N–H and O–H groups in total. The molecule has 1 aromatic carbocycles. The smallest absolute Gasteiger partial charge is 0.411 e. The molecule has 2 aliphatic rings. The summed E-state index contributed by atoms with van der Waals surface area (Å²) in [6, 6.07) is 9.13. The van der Waals surface area contributed by atoms with Crippen LogP contribution in [-0.2, 0) is 26.1 Å². The predicted molar refractivity (Wildman–Crippen MR) is 137 cm³/mol. The van der Waals surface area contributed by atoms with E-state index in [0.29, 0.717) is 36.5 Å². The third-order valence-corrected chi connectivity index (χ3v) is 8.37. The molecule has 2 aromatic heterocycles. The van der Waals surface area contributed by atoms with Crippen LogP contribution in [0.5, 0.6) is 0 Å². The van der Waals surface area contributed by atoms with Crippen molar-refractivity contribution in [1.29, 1.82) is 0 Å². The van der Waals surface area contributed by atoms with Crippen molar-refractivity contribution in [3.63, 3.8) is 0 Å². The van der Waals surface area contributed by atoms with E-state index in [1.807, 2.05) is 45.9 Å². The molecule has 3 aromatic rings. The zero-order valence-corrected chi connectivity index (χ0v) is 22.0. The zero-order chi connectivity index (χ0) is 25.7. The summed E-state index contributed by atoms with van der Waals surface area (Å²) in [6.45, 7) is 9.03. The number of nitrogens with zero attached hydrogens (tertiary/aromatic N) is 4. The molecular weight excluding hydrogens is 478 g/mol. The third-order valence-electron chi connectivity index (χ3n) is 6.79. The number of hydrogen-bond acceptors (Lipinski definition) is 7. The Morgan fingerprint density at radius 3 is 2.58 bits per heavy atom. The number of amides is 1. The molecule has 1 aliphatic heterocycles. The van der Waals surface area contributed by atoms with Gasteiger partial charge in [-0.25, -0.2) is 27.2 Å². The van der Waals surface area contributed by atoms with E-state index >= 15 is 0 Å². The first-order valence-corrected chi connectivity index (χ1v) is 14.0. The summed E-state index contributed by atoms with van der Waals surface area (Å²) in [5.74, 6) is 0.116. The second-order valence-corrected chi connectivity index (χ2v) is 12.7. The van der Waals surface area contributed by atoms with Gasteiger partial charge in [0.2, 0.25) is 10.0 Å². The summed E-state index contributed by atoms with van der Waals surface area (Å²) in [5, 5.41) is 4.10. The summed E-state index contributed by atoms with van der Waals surface area (Å²) in [5.41, 5.74) is 1.14. The van der Waals surface area contributed by atoms with Crippen LogP contribution in [-0.4, -0.2) is 58.6 Å². The number of carbonyl (C=O) groups is 1. The number of fused-ring (bicyclic) bond motifs is 1. The van der Waals surface area contributed by atoms with Crippen LogP contribution in [0.15, 0.2) is 42.9 Å². The quantitative estimate of drug-likeness (QED) is 0.556. The van der Waals surface area contributed by atoms with Crippen LogP contribution >= 0.6 is 0 Å². The Bertz CT molecular complexity index is 1390. The van der Waals surface area contributed by atoms with E-state index in [-0.39, 0.29) is 11.7 Å². The lowest BCUT2D eigenvalue weighted by Crippen LogP contribution is -2.60. The number of benzene rings is 1. The highest BCUT2D eigenvalue weighted by molar-refractivity contribution is 7.89. The standard InChI is InChI=1S/C26H33N5O4S/c1-25(2,3)35-24(32)30-13-12-27-16-26(30,4)22-21-20(19-10-11-19)14-31(23(21)29-17-28-22)36(33,34)15-18-8-6-5-7-9-18/h5-9,14,17,19,27H,10-13,15-16H2,1-4H3. The Morgan fingerprint density at radius 2 is 1.92 bits per heavy atom. The fourth-order valence-electron chi connectivity index (χ4n) is 4.93. The van der Waals surface area contributed by atoms with Gasteiger partial charge in [-0.05, 0) is 57.6 Å². The van der Waals surface area contributed by atoms with E-state index in [1.54, 1.807) is 23.2 Å². The van der Waals surface area contributed by atoms with Gasteiger partial charge in [0.1, 0.15) is 11.9 Å². The molecule has 2 fully saturated rings. The van der Waals surface area contributed by atoms with Crippen molar-refractivity contribution in [3.05, 3.63) is 59.7 Å². The van der Waals surface area contributed by atoms with Crippen LogP contribution in [0, 0.1) is 0 Å². The average molecular weight is 512 g/mol. The molecule has 1 amide bonds. The van der Waals surface area contributed by atoms with Crippen LogP contribution in [0.4, 0.5) is 4.79 Å². The van der Waals surface area contributed by atoms with Crippen LogP contribution < -0.4 is 5.32 Å². The summed E-state index contributed by atoms with van der Waals surface area (Å²) >= 11 is 0. The van der Waals surface area contributed by atoms with Gasteiger partial charge in [0.15, 0.2) is 5.65 Å². The zero-order valence-electron chi connectivity index (χ0n) is 21.2. The molecule has 10 heteroatoms. The molecule has 36 heavy (non-hydrogen) atoms. The summed E-state index contributed by atoms with van der Waals surface area (Å²) < 4.78 is 34.2. The molecule has 1 aliphatic carbocycles. The molecule has 0 radical (unpaired) electrons. The average Bonchev–Trinajstić information content (AvgIpc) is 3.57. The van der Waals surface area contributed by atoms with Gasteiger partial charge in [-0.15, -0.1) is 0 Å². The molecule has 0 bridgehead atoms. The van der Waals surface area contributed by atoms with E-state index in [0.717, 1.165) is 23.8 Å². The number of aromatic nitrogens is 3. The van der Waals surface area contributed by atoms with Gasteiger partial charge in [0.05, 0.1) is 17.0 Å².